The Morgan fingerprint density at radius 1 is 1.39 bits per heavy atom. The van der Waals surface area contributed by atoms with Gasteiger partial charge in [-0.3, -0.25) is 10.1 Å². The van der Waals surface area contributed by atoms with Crippen molar-refractivity contribution in [1.82, 2.24) is 14.8 Å². The van der Waals surface area contributed by atoms with E-state index in [2.05, 4.69) is 20.1 Å². The van der Waals surface area contributed by atoms with Crippen molar-refractivity contribution in [2.24, 2.45) is 0 Å². The third kappa shape index (κ3) is 1.89. The van der Waals surface area contributed by atoms with Crippen molar-refractivity contribution in [1.29, 1.82) is 0 Å². The van der Waals surface area contributed by atoms with Gasteiger partial charge in [0.05, 0.1) is 0 Å². The van der Waals surface area contributed by atoms with E-state index in [0.717, 1.165) is 16.9 Å². The number of anilines is 2. The summed E-state index contributed by atoms with van der Waals surface area (Å²) < 4.78 is 8.94. The number of benzene rings is 1. The first-order chi connectivity index (χ1) is 8.72. The highest BCUT2D eigenvalue weighted by atomic mass is 32.1. The van der Waals surface area contributed by atoms with E-state index in [1.807, 2.05) is 0 Å². The molecule has 0 bridgehead atoms. The molecule has 0 saturated heterocycles. The normalized spacial score (nSPS) is 10.7. The predicted octanol–water partition coefficient (Wildman–Crippen LogP) is 1.51. The number of furan rings is 1. The van der Waals surface area contributed by atoms with Crippen molar-refractivity contribution in [2.45, 2.75) is 0 Å². The van der Waals surface area contributed by atoms with Gasteiger partial charge in [-0.05, 0) is 29.5 Å². The molecule has 3 N–H and O–H groups in total. The van der Waals surface area contributed by atoms with Crippen LogP contribution < -0.4 is 11.1 Å². The molecule has 1 aromatic carbocycles. The highest BCUT2D eigenvalue weighted by molar-refractivity contribution is 7.09. The van der Waals surface area contributed by atoms with Crippen LogP contribution in [0.25, 0.3) is 11.0 Å². The minimum atomic E-state index is -0.400. The second-order valence-electron chi connectivity index (χ2n) is 3.53. The average molecular weight is 261 g/mol. The van der Waals surface area contributed by atoms with Gasteiger partial charge in [-0.2, -0.15) is 0 Å². The summed E-state index contributed by atoms with van der Waals surface area (Å²) in [6, 6.07) is 6.79. The molecule has 8 heteroatoms. The maximum Gasteiger partial charge on any atom is 0.293 e. The third-order valence-corrected chi connectivity index (χ3v) is 2.80. The fourth-order valence-corrected chi connectivity index (χ4v) is 1.88. The van der Waals surface area contributed by atoms with Gasteiger partial charge in [0.25, 0.3) is 5.91 Å². The lowest BCUT2D eigenvalue weighted by atomic mass is 10.2. The number of carbonyl (C=O) groups is 1. The second-order valence-corrected chi connectivity index (χ2v) is 4.26. The molecule has 0 atom stereocenters. The van der Waals surface area contributed by atoms with Gasteiger partial charge in [-0.15, -0.1) is 0 Å². The molecule has 0 aliphatic carbocycles. The van der Waals surface area contributed by atoms with Gasteiger partial charge in [-0.1, -0.05) is 9.59 Å². The van der Waals surface area contributed by atoms with E-state index in [9.17, 15) is 4.79 Å². The maximum atomic E-state index is 11.8. The van der Waals surface area contributed by atoms with E-state index in [4.69, 9.17) is 10.2 Å². The first kappa shape index (κ1) is 10.7. The van der Waals surface area contributed by atoms with Crippen molar-refractivity contribution in [2.75, 3.05) is 11.1 Å². The van der Waals surface area contributed by atoms with E-state index in [-0.39, 0.29) is 5.76 Å². The molecular weight excluding hydrogens is 254 g/mol. The Kier molecular flexibility index (Phi) is 2.41. The molecule has 0 spiro atoms. The fraction of sp³-hybridized carbons (Fsp3) is 0. The van der Waals surface area contributed by atoms with Crippen LogP contribution in [0.2, 0.25) is 0 Å². The molecule has 0 aliphatic rings. The van der Waals surface area contributed by atoms with Crippen LogP contribution in [-0.4, -0.2) is 20.7 Å². The zero-order chi connectivity index (χ0) is 12.5. The second kappa shape index (κ2) is 4.08. The van der Waals surface area contributed by atoms with Crippen LogP contribution in [0.1, 0.15) is 10.6 Å². The number of fused-ring (bicyclic) bond motifs is 1. The van der Waals surface area contributed by atoms with E-state index in [1.54, 1.807) is 24.3 Å². The van der Waals surface area contributed by atoms with Crippen molar-refractivity contribution < 1.29 is 9.21 Å². The van der Waals surface area contributed by atoms with E-state index >= 15 is 0 Å². The summed E-state index contributed by atoms with van der Waals surface area (Å²) in [5, 5.41) is 10.6. The van der Waals surface area contributed by atoms with E-state index < -0.39 is 5.91 Å². The monoisotopic (exact) mass is 261 g/mol. The van der Waals surface area contributed by atoms with E-state index in [0.29, 0.717) is 16.4 Å². The van der Waals surface area contributed by atoms with Gasteiger partial charge in [-0.25, -0.2) is 0 Å². The van der Waals surface area contributed by atoms with Gasteiger partial charge < -0.3 is 10.2 Å². The zero-order valence-corrected chi connectivity index (χ0v) is 9.77. The van der Waals surface area contributed by atoms with Gasteiger partial charge in [0.15, 0.2) is 5.76 Å². The summed E-state index contributed by atoms with van der Waals surface area (Å²) >= 11 is 0.989. The molecule has 2 heterocycles. The maximum absolute atomic E-state index is 11.8. The minimum absolute atomic E-state index is 0.186. The highest BCUT2D eigenvalue weighted by Gasteiger charge is 2.14. The molecule has 2 aromatic heterocycles. The van der Waals surface area contributed by atoms with Crippen molar-refractivity contribution in [3.63, 3.8) is 0 Å². The number of carbonyl (C=O) groups excluding carboxylic acids is 1. The van der Waals surface area contributed by atoms with Crippen molar-refractivity contribution in [3.8, 4) is 0 Å². The van der Waals surface area contributed by atoms with Crippen LogP contribution in [0.15, 0.2) is 28.7 Å². The molecular formula is C10H7N5O2S. The standard InChI is InChI=1S/C10H7N5O2S/c11-6-1-2-7-5(3-6)4-8(17-7)9(16)12-10-13-14-15-18-10/h1-4H,11H2,(H,12,13,15,16). The van der Waals surface area contributed by atoms with Gasteiger partial charge in [0, 0.05) is 22.6 Å². The predicted molar refractivity (Wildman–Crippen MR) is 66.3 cm³/mol. The SMILES string of the molecule is Nc1ccc2oc(C(=O)Nc3nnns3)cc2c1. The molecule has 0 fully saturated rings. The molecule has 18 heavy (non-hydrogen) atoms. The Bertz CT molecular complexity index is 706. The highest BCUT2D eigenvalue weighted by Crippen LogP contribution is 2.22. The number of nitrogen functional groups attached to an aromatic ring is 1. The summed E-state index contributed by atoms with van der Waals surface area (Å²) in [5.41, 5.74) is 6.87. The smallest absolute Gasteiger partial charge is 0.293 e. The molecule has 0 unspecified atom stereocenters. The Hall–Kier alpha value is -2.48. The molecule has 90 valence electrons. The first-order valence-electron chi connectivity index (χ1n) is 4.98. The lowest BCUT2D eigenvalue weighted by Crippen LogP contribution is -2.10. The van der Waals surface area contributed by atoms with Crippen LogP contribution in [0.5, 0.6) is 0 Å². The number of aromatic nitrogens is 3. The number of amides is 1. The summed E-state index contributed by atoms with van der Waals surface area (Å²) in [6.45, 7) is 0. The van der Waals surface area contributed by atoms with Crippen LogP contribution in [0.3, 0.4) is 0 Å². The van der Waals surface area contributed by atoms with Crippen LogP contribution >= 0.6 is 11.5 Å². The van der Waals surface area contributed by atoms with E-state index in [1.165, 1.54) is 0 Å². The number of nitrogens with one attached hydrogen (secondary N) is 1. The van der Waals surface area contributed by atoms with Crippen molar-refractivity contribution in [3.05, 3.63) is 30.0 Å². The van der Waals surface area contributed by atoms with Gasteiger partial charge in [0.2, 0.25) is 5.13 Å². The molecule has 0 saturated carbocycles. The molecule has 3 rings (SSSR count). The first-order valence-corrected chi connectivity index (χ1v) is 5.75. The summed E-state index contributed by atoms with van der Waals surface area (Å²) in [7, 11) is 0. The average Bonchev–Trinajstić information content (AvgIpc) is 2.96. The Morgan fingerprint density at radius 2 is 2.28 bits per heavy atom. The largest absolute Gasteiger partial charge is 0.451 e. The number of nitrogens with zero attached hydrogens (tertiary/aromatic N) is 3. The molecule has 0 aliphatic heterocycles. The van der Waals surface area contributed by atoms with Gasteiger partial charge >= 0.3 is 0 Å². The Labute approximate surface area is 105 Å². The number of hydrogen-bond acceptors (Lipinski definition) is 7. The molecule has 7 nitrogen and oxygen atoms in total. The van der Waals surface area contributed by atoms with Crippen LogP contribution in [-0.2, 0) is 0 Å². The number of hydrogen-bond donors (Lipinski definition) is 2. The van der Waals surface area contributed by atoms with Crippen LogP contribution in [0, 0.1) is 0 Å². The Balaban J connectivity index is 1.92. The Morgan fingerprint density at radius 3 is 3.06 bits per heavy atom. The van der Waals surface area contributed by atoms with Crippen molar-refractivity contribution >= 4 is 39.2 Å². The number of nitrogens with two attached hydrogens (primary N) is 1. The minimum Gasteiger partial charge on any atom is -0.451 e. The topological polar surface area (TPSA) is 107 Å². The zero-order valence-electron chi connectivity index (χ0n) is 8.95. The number of rotatable bonds is 2. The van der Waals surface area contributed by atoms with Crippen LogP contribution in [0.4, 0.5) is 10.8 Å². The molecule has 0 radical (unpaired) electrons. The van der Waals surface area contributed by atoms with Gasteiger partial charge in [0.1, 0.15) is 5.58 Å². The summed E-state index contributed by atoms with van der Waals surface area (Å²) in [6.07, 6.45) is 0. The quantitative estimate of drug-likeness (QED) is 0.677. The lowest BCUT2D eigenvalue weighted by Gasteiger charge is -1.94. The summed E-state index contributed by atoms with van der Waals surface area (Å²) in [5.74, 6) is -0.214. The molecule has 3 aromatic rings. The third-order valence-electron chi connectivity index (χ3n) is 2.28. The lowest BCUT2D eigenvalue weighted by molar-refractivity contribution is 0.0998. The fourth-order valence-electron chi connectivity index (χ4n) is 1.51. The molecule has 1 amide bonds. The summed E-state index contributed by atoms with van der Waals surface area (Å²) in [4.78, 5) is 11.8.